The first kappa shape index (κ1) is 15.9. The number of aliphatic hydroxyl groups excluding tert-OH is 1. The average Bonchev–Trinajstić information content (AvgIpc) is 0.811. The van der Waals surface area contributed by atoms with E-state index >= 15 is 0 Å². The molecular formula is C3H8OPm2. The van der Waals surface area contributed by atoms with Gasteiger partial charge in [0.15, 0.2) is 0 Å². The summed E-state index contributed by atoms with van der Waals surface area (Å²) in [5.41, 5.74) is 0. The Hall–Kier alpha value is 2.64. The van der Waals surface area contributed by atoms with Crippen molar-refractivity contribution in [1.29, 1.82) is 0 Å². The fourth-order valence-corrected chi connectivity index (χ4v) is 0. The maximum Gasteiger partial charge on any atom is 0.0483 e. The smallest absolute Gasteiger partial charge is 0.0483 e. The van der Waals surface area contributed by atoms with Crippen molar-refractivity contribution in [2.24, 2.45) is 0 Å². The Morgan fingerprint density at radius 1 is 1.17 bits per heavy atom. The average molecular weight is 350 g/mol. The van der Waals surface area contributed by atoms with Crippen molar-refractivity contribution < 1.29 is 85.9 Å². The van der Waals surface area contributed by atoms with Crippen molar-refractivity contribution in [1.82, 2.24) is 0 Å². The predicted molar refractivity (Wildman–Crippen MR) is 17.4 cm³/mol. The third-order valence-electron chi connectivity index (χ3n) is 0. The molecule has 0 amide bonds. The zero-order valence-electron chi connectivity index (χ0n) is 3.92. The minimum absolute atomic E-state index is 0. The number of hydrogen-bond acceptors (Lipinski definition) is 1. The molecule has 0 spiro atoms. The molecule has 1 N–H and O–H groups in total. The van der Waals surface area contributed by atoms with Gasteiger partial charge in [0.2, 0.25) is 0 Å². The second-order valence-corrected chi connectivity index (χ2v) is 1.09. The van der Waals surface area contributed by atoms with E-state index < -0.39 is 0 Å². The topological polar surface area (TPSA) is 20.2 Å². The van der Waals surface area contributed by atoms with E-state index in [1.54, 1.807) is 13.8 Å². The summed E-state index contributed by atoms with van der Waals surface area (Å²) in [5, 5.41) is 8.06. The van der Waals surface area contributed by atoms with Gasteiger partial charge in [-0.3, -0.25) is 0 Å². The second-order valence-electron chi connectivity index (χ2n) is 1.09. The van der Waals surface area contributed by atoms with Crippen LogP contribution in [0.15, 0.2) is 0 Å². The first-order chi connectivity index (χ1) is 1.73. The standard InChI is InChI=1S/C3H8O.2Pm/c1-3(2)4;;/h3-4H,1-2H3;;. The largest absolute Gasteiger partial charge is 0.394 e. The van der Waals surface area contributed by atoms with Crippen LogP contribution in [-0.2, 0) is 0 Å². The molecule has 1 nitrogen and oxygen atoms in total. The van der Waals surface area contributed by atoms with Crippen molar-refractivity contribution in [3.8, 4) is 0 Å². The van der Waals surface area contributed by atoms with Crippen LogP contribution >= 0.6 is 0 Å². The molecule has 0 aliphatic rings. The fraction of sp³-hybridized carbons (Fsp3) is 1.00. The summed E-state index contributed by atoms with van der Waals surface area (Å²) in [5.74, 6) is 0. The van der Waals surface area contributed by atoms with Crippen LogP contribution in [0, 0.1) is 80.8 Å². The van der Waals surface area contributed by atoms with Gasteiger partial charge in [0.1, 0.15) is 0 Å². The SMILES string of the molecule is CC(C)O.[Pm].[Pm]. The van der Waals surface area contributed by atoms with Crippen LogP contribution in [0.5, 0.6) is 0 Å². The molecule has 2 radical (unpaired) electrons. The third-order valence-corrected chi connectivity index (χ3v) is 0. The molecular weight excluding hydrogens is 342 g/mol. The Morgan fingerprint density at radius 3 is 1.17 bits per heavy atom. The molecule has 0 heterocycles. The first-order valence-electron chi connectivity index (χ1n) is 1.41. The summed E-state index contributed by atoms with van der Waals surface area (Å²) in [6.07, 6.45) is -0.167. The minimum atomic E-state index is -0.167. The molecule has 0 saturated heterocycles. The van der Waals surface area contributed by atoms with Gasteiger partial charge in [-0.15, -0.1) is 0 Å². The molecule has 0 fully saturated rings. The molecule has 0 rings (SSSR count). The summed E-state index contributed by atoms with van der Waals surface area (Å²) >= 11 is 0. The van der Waals surface area contributed by atoms with Gasteiger partial charge < -0.3 is 5.11 Å². The van der Waals surface area contributed by atoms with Gasteiger partial charge >= 0.3 is 0 Å². The monoisotopic (exact) mass is 350 g/mol. The Morgan fingerprint density at radius 2 is 1.17 bits per heavy atom. The van der Waals surface area contributed by atoms with Crippen molar-refractivity contribution >= 4 is 0 Å². The zero-order valence-corrected chi connectivity index (χ0v) is 9.66. The molecule has 0 saturated carbocycles. The Balaban J connectivity index is -0.0000000450. The molecule has 0 aliphatic carbocycles. The maximum atomic E-state index is 8.06. The van der Waals surface area contributed by atoms with E-state index in [0.29, 0.717) is 0 Å². The van der Waals surface area contributed by atoms with Crippen molar-refractivity contribution in [2.75, 3.05) is 0 Å². The van der Waals surface area contributed by atoms with Crippen LogP contribution in [-0.4, -0.2) is 11.2 Å². The van der Waals surface area contributed by atoms with E-state index in [1.807, 2.05) is 0 Å². The van der Waals surface area contributed by atoms with E-state index in [0.717, 1.165) is 0 Å². The van der Waals surface area contributed by atoms with Crippen LogP contribution in [0.1, 0.15) is 13.8 Å². The van der Waals surface area contributed by atoms with Crippen LogP contribution in [0.3, 0.4) is 0 Å². The first-order valence-corrected chi connectivity index (χ1v) is 1.41. The minimum Gasteiger partial charge on any atom is -0.394 e. The fourth-order valence-electron chi connectivity index (χ4n) is 0. The van der Waals surface area contributed by atoms with Gasteiger partial charge in [0, 0.05) is 86.9 Å². The second kappa shape index (κ2) is 10.6. The Labute approximate surface area is 103 Å². The quantitative estimate of drug-likeness (QED) is 0.670. The summed E-state index contributed by atoms with van der Waals surface area (Å²) in [6, 6.07) is 0. The number of aliphatic hydroxyl groups is 1. The maximum absolute atomic E-state index is 8.06. The molecule has 0 atom stereocenters. The van der Waals surface area contributed by atoms with Crippen molar-refractivity contribution in [2.45, 2.75) is 20.0 Å². The summed E-state index contributed by atoms with van der Waals surface area (Å²) in [4.78, 5) is 0. The van der Waals surface area contributed by atoms with Crippen LogP contribution < -0.4 is 0 Å². The Kier molecular flexibility index (Phi) is 28.0. The summed E-state index contributed by atoms with van der Waals surface area (Å²) in [7, 11) is 0. The zero-order chi connectivity index (χ0) is 3.58. The Bertz CT molecular complexity index is 13.5. The van der Waals surface area contributed by atoms with E-state index in [4.69, 9.17) is 5.11 Å². The van der Waals surface area contributed by atoms with Crippen LogP contribution in [0.2, 0.25) is 0 Å². The normalized spacial score (nSPS) is 6.00. The molecule has 0 unspecified atom stereocenters. The van der Waals surface area contributed by atoms with E-state index in [1.165, 1.54) is 0 Å². The third kappa shape index (κ3) is 30.3. The van der Waals surface area contributed by atoms with Gasteiger partial charge in [0.25, 0.3) is 0 Å². The molecule has 0 aromatic carbocycles. The summed E-state index contributed by atoms with van der Waals surface area (Å²) in [6.45, 7) is 3.44. The molecule has 0 bridgehead atoms. The van der Waals surface area contributed by atoms with E-state index in [-0.39, 0.29) is 86.9 Å². The summed E-state index contributed by atoms with van der Waals surface area (Å²) < 4.78 is 0. The molecule has 0 aromatic heterocycles. The van der Waals surface area contributed by atoms with Crippen molar-refractivity contribution in [3.05, 3.63) is 0 Å². The van der Waals surface area contributed by atoms with Gasteiger partial charge in [-0.25, -0.2) is 0 Å². The van der Waals surface area contributed by atoms with Gasteiger partial charge in [-0.1, -0.05) is 0 Å². The van der Waals surface area contributed by atoms with E-state index in [2.05, 4.69) is 0 Å². The van der Waals surface area contributed by atoms with Crippen LogP contribution in [0.4, 0.5) is 0 Å². The van der Waals surface area contributed by atoms with Gasteiger partial charge in [-0.2, -0.15) is 0 Å². The molecule has 36 valence electrons. The van der Waals surface area contributed by atoms with Crippen molar-refractivity contribution in [3.63, 3.8) is 0 Å². The predicted octanol–water partition coefficient (Wildman–Crippen LogP) is 0.387. The van der Waals surface area contributed by atoms with E-state index in [9.17, 15) is 0 Å². The molecule has 0 aromatic rings. The molecule has 6 heavy (non-hydrogen) atoms. The van der Waals surface area contributed by atoms with Gasteiger partial charge in [-0.05, 0) is 13.8 Å². The molecule has 0 aliphatic heterocycles. The van der Waals surface area contributed by atoms with Crippen LogP contribution in [0.25, 0.3) is 0 Å². The number of hydrogen-bond donors (Lipinski definition) is 1. The van der Waals surface area contributed by atoms with Gasteiger partial charge in [0.05, 0.1) is 0 Å². The number of rotatable bonds is 0. The molecule has 3 heteroatoms.